The topological polar surface area (TPSA) is 78.7 Å². The van der Waals surface area contributed by atoms with E-state index in [2.05, 4.69) is 26.5 Å². The molecule has 0 unspecified atom stereocenters. The summed E-state index contributed by atoms with van der Waals surface area (Å²) in [6.45, 7) is 1.89. The molecule has 8 nitrogen and oxygen atoms in total. The van der Waals surface area contributed by atoms with Crippen LogP contribution in [-0.4, -0.2) is 39.4 Å². The zero-order valence-corrected chi connectivity index (χ0v) is 15.4. The molecule has 1 saturated carbocycles. The van der Waals surface area contributed by atoms with E-state index in [0.717, 1.165) is 40.5 Å². The molecule has 4 aromatic heterocycles. The Morgan fingerprint density at radius 3 is 2.69 bits per heavy atom. The molecule has 2 atom stereocenters. The van der Waals surface area contributed by atoms with E-state index in [1.54, 1.807) is 9.20 Å². The summed E-state index contributed by atoms with van der Waals surface area (Å²) in [6, 6.07) is 5.99. The van der Waals surface area contributed by atoms with Crippen LogP contribution in [0.2, 0.25) is 5.15 Å². The monoisotopic (exact) mass is 368 g/mol. The van der Waals surface area contributed by atoms with E-state index in [4.69, 9.17) is 16.7 Å². The van der Waals surface area contributed by atoms with Crippen LogP contribution < -0.4 is 0 Å². The molecule has 26 heavy (non-hydrogen) atoms. The summed E-state index contributed by atoms with van der Waals surface area (Å²) in [5, 5.41) is 22.3. The molecule has 0 N–H and O–H groups in total. The Labute approximate surface area is 154 Å². The number of hydrogen-bond acceptors (Lipinski definition) is 5. The lowest BCUT2D eigenvalue weighted by Crippen LogP contribution is -2.00. The summed E-state index contributed by atoms with van der Waals surface area (Å²) in [7, 11) is 3.83. The third-order valence-electron chi connectivity index (χ3n) is 4.96. The fourth-order valence-corrected chi connectivity index (χ4v) is 3.85. The summed E-state index contributed by atoms with van der Waals surface area (Å²) in [5.74, 6) is 1.52. The van der Waals surface area contributed by atoms with Crippen LogP contribution in [0.15, 0.2) is 24.4 Å². The molecule has 1 aliphatic carbocycles. The molecule has 0 saturated heterocycles. The number of aromatic nitrogens is 8. The Balaban J connectivity index is 1.48. The van der Waals surface area contributed by atoms with Crippen molar-refractivity contribution in [3.8, 4) is 11.4 Å². The third kappa shape index (κ3) is 2.33. The van der Waals surface area contributed by atoms with Gasteiger partial charge in [0.25, 0.3) is 0 Å². The summed E-state index contributed by atoms with van der Waals surface area (Å²) in [6.07, 6.45) is 3.04. The Bertz CT molecular complexity index is 1140. The average Bonchev–Trinajstić information content (AvgIpc) is 3.01. The van der Waals surface area contributed by atoms with Crippen molar-refractivity contribution in [2.24, 2.45) is 14.1 Å². The maximum Gasteiger partial charge on any atom is 0.177 e. The first kappa shape index (κ1) is 15.5. The molecule has 9 heteroatoms. The van der Waals surface area contributed by atoms with Crippen LogP contribution in [0.25, 0.3) is 17.0 Å². The van der Waals surface area contributed by atoms with Gasteiger partial charge < -0.3 is 0 Å². The van der Waals surface area contributed by atoms with Crippen LogP contribution in [0.5, 0.6) is 0 Å². The minimum atomic E-state index is 0.372. The molecular weight excluding hydrogens is 352 g/mol. The molecule has 4 aromatic rings. The average molecular weight is 369 g/mol. The van der Waals surface area contributed by atoms with Crippen LogP contribution in [-0.2, 0) is 14.1 Å². The van der Waals surface area contributed by atoms with E-state index in [-0.39, 0.29) is 0 Å². The number of rotatable bonds is 3. The summed E-state index contributed by atoms with van der Waals surface area (Å²) in [5.41, 5.74) is 4.72. The molecular formula is C17H17ClN8. The second kappa shape index (κ2) is 5.38. The van der Waals surface area contributed by atoms with Crippen molar-refractivity contribution < 1.29 is 0 Å². The van der Waals surface area contributed by atoms with E-state index in [1.807, 2.05) is 44.0 Å². The highest BCUT2D eigenvalue weighted by Crippen LogP contribution is 2.55. The number of fused-ring (bicyclic) bond motifs is 1. The van der Waals surface area contributed by atoms with Gasteiger partial charge in [-0.25, -0.2) is 0 Å². The van der Waals surface area contributed by atoms with Gasteiger partial charge in [-0.15, -0.1) is 10.2 Å². The third-order valence-corrected chi connectivity index (χ3v) is 5.25. The van der Waals surface area contributed by atoms with Crippen molar-refractivity contribution in [2.75, 3.05) is 0 Å². The Kier molecular flexibility index (Phi) is 3.21. The lowest BCUT2D eigenvalue weighted by Gasteiger charge is -2.01. The highest BCUT2D eigenvalue weighted by Gasteiger charge is 2.43. The van der Waals surface area contributed by atoms with Gasteiger partial charge >= 0.3 is 0 Å². The Morgan fingerprint density at radius 1 is 1.08 bits per heavy atom. The molecule has 0 aromatic carbocycles. The molecule has 5 rings (SSSR count). The Hall–Kier alpha value is -2.74. The van der Waals surface area contributed by atoms with E-state index in [9.17, 15) is 0 Å². The van der Waals surface area contributed by atoms with E-state index < -0.39 is 0 Å². The minimum absolute atomic E-state index is 0.372. The van der Waals surface area contributed by atoms with Crippen LogP contribution in [0.1, 0.15) is 35.3 Å². The summed E-state index contributed by atoms with van der Waals surface area (Å²) in [4.78, 5) is 0. The molecule has 0 radical (unpaired) electrons. The normalized spacial score (nSPS) is 19.4. The molecule has 4 heterocycles. The van der Waals surface area contributed by atoms with Gasteiger partial charge in [0.2, 0.25) is 0 Å². The zero-order chi connectivity index (χ0) is 18.0. The summed E-state index contributed by atoms with van der Waals surface area (Å²) >= 11 is 6.24. The van der Waals surface area contributed by atoms with Crippen molar-refractivity contribution in [1.82, 2.24) is 39.4 Å². The molecule has 1 aliphatic rings. The van der Waals surface area contributed by atoms with Crippen molar-refractivity contribution in [3.63, 3.8) is 0 Å². The van der Waals surface area contributed by atoms with Crippen molar-refractivity contribution in [1.29, 1.82) is 0 Å². The quantitative estimate of drug-likeness (QED) is 0.555. The van der Waals surface area contributed by atoms with Gasteiger partial charge in [0.1, 0.15) is 5.69 Å². The zero-order valence-electron chi connectivity index (χ0n) is 14.6. The first-order chi connectivity index (χ1) is 12.5. The Morgan fingerprint density at radius 2 is 1.92 bits per heavy atom. The van der Waals surface area contributed by atoms with Crippen LogP contribution in [0.4, 0.5) is 0 Å². The van der Waals surface area contributed by atoms with Crippen molar-refractivity contribution in [3.05, 3.63) is 46.6 Å². The fourth-order valence-electron chi connectivity index (χ4n) is 3.54. The lowest BCUT2D eigenvalue weighted by molar-refractivity contribution is 0.741. The van der Waals surface area contributed by atoms with Crippen LogP contribution in [0, 0.1) is 6.92 Å². The van der Waals surface area contributed by atoms with Gasteiger partial charge in [0.15, 0.2) is 16.6 Å². The fraction of sp³-hybridized carbons (Fsp3) is 0.353. The molecule has 0 spiro atoms. The number of halogens is 1. The maximum atomic E-state index is 6.24. The van der Waals surface area contributed by atoms with Gasteiger partial charge in [0, 0.05) is 31.8 Å². The SMILES string of the molecule is Cc1nnc2ccc(-c3cc([C@H]4C[C@@H]4c4cn(C)nc4Cl)nn3C)nn12. The number of aryl methyl sites for hydroxylation is 3. The first-order valence-corrected chi connectivity index (χ1v) is 8.81. The highest BCUT2D eigenvalue weighted by molar-refractivity contribution is 6.30. The van der Waals surface area contributed by atoms with Gasteiger partial charge in [0.05, 0.1) is 11.4 Å². The predicted octanol–water partition coefficient (Wildman–Crippen LogP) is 2.49. The molecule has 0 aliphatic heterocycles. The van der Waals surface area contributed by atoms with Gasteiger partial charge in [-0.3, -0.25) is 9.36 Å². The van der Waals surface area contributed by atoms with Gasteiger partial charge in [-0.1, -0.05) is 11.6 Å². The molecule has 132 valence electrons. The minimum Gasteiger partial charge on any atom is -0.274 e. The molecule has 0 bridgehead atoms. The smallest absolute Gasteiger partial charge is 0.177 e. The second-order valence-electron chi connectivity index (χ2n) is 6.81. The summed E-state index contributed by atoms with van der Waals surface area (Å²) < 4.78 is 5.39. The van der Waals surface area contributed by atoms with E-state index in [0.29, 0.717) is 17.0 Å². The van der Waals surface area contributed by atoms with E-state index >= 15 is 0 Å². The lowest BCUT2D eigenvalue weighted by atomic mass is 10.1. The van der Waals surface area contributed by atoms with Crippen molar-refractivity contribution in [2.45, 2.75) is 25.2 Å². The largest absolute Gasteiger partial charge is 0.274 e. The predicted molar refractivity (Wildman–Crippen MR) is 96.0 cm³/mol. The molecule has 1 fully saturated rings. The van der Waals surface area contributed by atoms with Gasteiger partial charge in [-0.2, -0.15) is 19.8 Å². The van der Waals surface area contributed by atoms with E-state index in [1.165, 1.54) is 0 Å². The highest BCUT2D eigenvalue weighted by atomic mass is 35.5. The second-order valence-corrected chi connectivity index (χ2v) is 7.17. The maximum absolute atomic E-state index is 6.24. The molecule has 0 amide bonds. The first-order valence-electron chi connectivity index (χ1n) is 8.43. The van der Waals surface area contributed by atoms with Crippen LogP contribution in [0.3, 0.4) is 0 Å². The van der Waals surface area contributed by atoms with Crippen molar-refractivity contribution >= 4 is 17.2 Å². The standard InChI is InChI=1S/C17H17ClN8/c1-9-19-20-16-5-4-13(22-26(9)16)15-7-14(21-25(15)3)11-6-10(11)12-8-24(2)23-17(12)18/h4-5,7-8,10-11H,6H2,1-3H3/t10-,11-/m0/s1. The number of nitrogens with zero attached hydrogens (tertiary/aromatic N) is 8. The van der Waals surface area contributed by atoms with Gasteiger partial charge in [-0.05, 0) is 37.5 Å². The van der Waals surface area contributed by atoms with Crippen LogP contribution >= 0.6 is 11.6 Å². The number of hydrogen-bond donors (Lipinski definition) is 0.